The molecule has 0 bridgehead atoms. The SMILES string of the molecule is CCOC(=O)C1=C(C)N=c2s/c(=C/c3cc(Br)cc(OCC)c3O)c(=O)n2[C@@H]1c1ccc(OC)cc1. The third kappa shape index (κ3) is 4.83. The minimum absolute atomic E-state index is 0.0685. The second-order valence-electron chi connectivity index (χ2n) is 7.85. The van der Waals surface area contributed by atoms with E-state index >= 15 is 0 Å². The highest BCUT2D eigenvalue weighted by Gasteiger charge is 2.33. The van der Waals surface area contributed by atoms with Gasteiger partial charge in [-0.2, -0.15) is 0 Å². The number of hydrogen-bond acceptors (Lipinski definition) is 8. The van der Waals surface area contributed by atoms with Gasteiger partial charge in [0.15, 0.2) is 16.3 Å². The molecule has 3 aromatic rings. The van der Waals surface area contributed by atoms with Gasteiger partial charge in [-0.1, -0.05) is 39.4 Å². The molecule has 1 aliphatic rings. The summed E-state index contributed by atoms with van der Waals surface area (Å²) in [6.07, 6.45) is 1.60. The Bertz CT molecular complexity index is 1520. The summed E-state index contributed by atoms with van der Waals surface area (Å²) in [6, 6.07) is 9.81. The van der Waals surface area contributed by atoms with Crippen molar-refractivity contribution in [2.24, 2.45) is 4.99 Å². The van der Waals surface area contributed by atoms with Gasteiger partial charge in [-0.3, -0.25) is 9.36 Å². The van der Waals surface area contributed by atoms with Crippen molar-refractivity contribution in [1.82, 2.24) is 4.57 Å². The fraction of sp³-hybridized carbons (Fsp3) is 0.269. The second kappa shape index (κ2) is 10.7. The van der Waals surface area contributed by atoms with Crippen LogP contribution in [0.1, 0.15) is 37.9 Å². The number of carbonyl (C=O) groups excluding carboxylic acids is 1. The minimum Gasteiger partial charge on any atom is -0.504 e. The number of aromatic hydroxyl groups is 1. The van der Waals surface area contributed by atoms with E-state index in [1.807, 2.05) is 19.1 Å². The Balaban J connectivity index is 1.95. The van der Waals surface area contributed by atoms with Crippen molar-refractivity contribution in [3.63, 3.8) is 0 Å². The summed E-state index contributed by atoms with van der Waals surface area (Å²) in [7, 11) is 1.57. The van der Waals surface area contributed by atoms with Crippen LogP contribution >= 0.6 is 27.3 Å². The molecule has 4 rings (SSSR count). The topological polar surface area (TPSA) is 99.4 Å². The standard InChI is InChI=1S/C26H25BrN2O6S/c1-5-34-19-13-17(27)11-16(23(19)30)12-20-24(31)29-22(15-7-9-18(33-4)10-8-15)21(25(32)35-6-2)14(3)28-26(29)36-20/h7-13,22,30H,5-6H2,1-4H3/b20-12+/t22-/m1/s1. The van der Waals surface area contributed by atoms with Gasteiger partial charge in [0.25, 0.3) is 5.56 Å². The lowest BCUT2D eigenvalue weighted by atomic mass is 9.96. The Morgan fingerprint density at radius 2 is 1.94 bits per heavy atom. The highest BCUT2D eigenvalue weighted by atomic mass is 79.9. The molecule has 0 unspecified atom stereocenters. The summed E-state index contributed by atoms with van der Waals surface area (Å²) >= 11 is 4.60. The van der Waals surface area contributed by atoms with Gasteiger partial charge in [0.2, 0.25) is 0 Å². The van der Waals surface area contributed by atoms with E-state index in [-0.39, 0.29) is 17.9 Å². The van der Waals surface area contributed by atoms with E-state index in [4.69, 9.17) is 14.2 Å². The van der Waals surface area contributed by atoms with Crippen molar-refractivity contribution in [3.8, 4) is 17.2 Å². The van der Waals surface area contributed by atoms with Gasteiger partial charge in [-0.25, -0.2) is 9.79 Å². The third-order valence-corrected chi connectivity index (χ3v) is 7.04. The molecule has 10 heteroatoms. The Hall–Kier alpha value is -3.37. The highest BCUT2D eigenvalue weighted by Crippen LogP contribution is 2.35. The number of nitrogens with zero attached hydrogens (tertiary/aromatic N) is 2. The van der Waals surface area contributed by atoms with E-state index < -0.39 is 12.0 Å². The summed E-state index contributed by atoms with van der Waals surface area (Å²) in [5.74, 6) is 0.364. The number of aromatic nitrogens is 1. The average Bonchev–Trinajstić information content (AvgIpc) is 3.15. The number of carbonyl (C=O) groups is 1. The Morgan fingerprint density at radius 3 is 2.58 bits per heavy atom. The van der Waals surface area contributed by atoms with Crippen LogP contribution < -0.4 is 24.4 Å². The molecule has 0 spiro atoms. The lowest BCUT2D eigenvalue weighted by Crippen LogP contribution is -2.39. The molecule has 2 heterocycles. The van der Waals surface area contributed by atoms with E-state index in [1.165, 1.54) is 15.9 Å². The second-order valence-corrected chi connectivity index (χ2v) is 9.77. The minimum atomic E-state index is -0.733. The summed E-state index contributed by atoms with van der Waals surface area (Å²) in [6.45, 7) is 5.85. The zero-order valence-electron chi connectivity index (χ0n) is 20.2. The lowest BCUT2D eigenvalue weighted by molar-refractivity contribution is -0.139. The van der Waals surface area contributed by atoms with E-state index in [0.29, 0.717) is 54.3 Å². The molecule has 1 aliphatic heterocycles. The lowest BCUT2D eigenvalue weighted by Gasteiger charge is -2.24. The quantitative estimate of drug-likeness (QED) is 0.434. The van der Waals surface area contributed by atoms with Gasteiger partial charge in [-0.15, -0.1) is 0 Å². The van der Waals surface area contributed by atoms with Crippen LogP contribution in [0.5, 0.6) is 17.2 Å². The number of methoxy groups -OCH3 is 1. The monoisotopic (exact) mass is 572 g/mol. The van der Waals surface area contributed by atoms with Crippen LogP contribution in [0.3, 0.4) is 0 Å². The van der Waals surface area contributed by atoms with Crippen LogP contribution in [-0.2, 0) is 9.53 Å². The molecule has 0 saturated carbocycles. The van der Waals surface area contributed by atoms with Crippen LogP contribution in [0.2, 0.25) is 0 Å². The average molecular weight is 573 g/mol. The van der Waals surface area contributed by atoms with Crippen molar-refractivity contribution in [2.45, 2.75) is 26.8 Å². The molecular formula is C26H25BrN2O6S. The maximum Gasteiger partial charge on any atom is 0.338 e. The van der Waals surface area contributed by atoms with Crippen LogP contribution in [0.15, 0.2) is 61.9 Å². The van der Waals surface area contributed by atoms with E-state index in [2.05, 4.69) is 20.9 Å². The molecule has 0 saturated heterocycles. The number of ether oxygens (including phenoxy) is 3. The molecule has 188 valence electrons. The molecule has 1 aromatic heterocycles. The van der Waals surface area contributed by atoms with Crippen molar-refractivity contribution < 1.29 is 24.1 Å². The number of thiazole rings is 1. The zero-order valence-corrected chi connectivity index (χ0v) is 22.6. The zero-order chi connectivity index (χ0) is 26.0. The molecule has 1 N–H and O–H groups in total. The van der Waals surface area contributed by atoms with Crippen molar-refractivity contribution in [3.05, 3.63) is 83.0 Å². The van der Waals surface area contributed by atoms with Crippen LogP contribution in [0.25, 0.3) is 6.08 Å². The number of benzene rings is 2. The van der Waals surface area contributed by atoms with E-state index in [1.54, 1.807) is 51.3 Å². The van der Waals surface area contributed by atoms with E-state index in [0.717, 1.165) is 0 Å². The third-order valence-electron chi connectivity index (χ3n) is 5.60. The number of esters is 1. The molecule has 1 atom stereocenters. The Labute approximate surface area is 219 Å². The van der Waals surface area contributed by atoms with Gasteiger partial charge < -0.3 is 19.3 Å². The van der Waals surface area contributed by atoms with Crippen molar-refractivity contribution in [2.75, 3.05) is 20.3 Å². The van der Waals surface area contributed by atoms with Gasteiger partial charge in [0, 0.05) is 10.0 Å². The Morgan fingerprint density at radius 1 is 1.22 bits per heavy atom. The molecule has 8 nitrogen and oxygen atoms in total. The number of fused-ring (bicyclic) bond motifs is 1. The van der Waals surface area contributed by atoms with Crippen LogP contribution in [0, 0.1) is 0 Å². The van der Waals surface area contributed by atoms with E-state index in [9.17, 15) is 14.7 Å². The number of phenols is 1. The Kier molecular flexibility index (Phi) is 7.65. The summed E-state index contributed by atoms with van der Waals surface area (Å²) in [5.41, 5.74) is 1.56. The van der Waals surface area contributed by atoms with Crippen molar-refractivity contribution >= 4 is 39.3 Å². The van der Waals surface area contributed by atoms with Crippen molar-refractivity contribution in [1.29, 1.82) is 0 Å². The molecular weight excluding hydrogens is 548 g/mol. The maximum atomic E-state index is 13.7. The molecule has 0 radical (unpaired) electrons. The van der Waals surface area contributed by atoms with Gasteiger partial charge in [0.05, 0.1) is 42.2 Å². The van der Waals surface area contributed by atoms with Gasteiger partial charge >= 0.3 is 5.97 Å². The molecule has 0 aliphatic carbocycles. The first-order valence-corrected chi connectivity index (χ1v) is 12.9. The first kappa shape index (κ1) is 25.7. The molecule has 0 amide bonds. The molecule has 36 heavy (non-hydrogen) atoms. The normalized spacial score (nSPS) is 15.4. The largest absolute Gasteiger partial charge is 0.504 e. The first-order chi connectivity index (χ1) is 17.3. The first-order valence-electron chi connectivity index (χ1n) is 11.3. The number of hydrogen-bond donors (Lipinski definition) is 1. The fourth-order valence-corrected chi connectivity index (χ4v) is 5.50. The fourth-order valence-electron chi connectivity index (χ4n) is 4.00. The molecule has 2 aromatic carbocycles. The number of phenolic OH excluding ortho intramolecular Hbond substituents is 1. The highest BCUT2D eigenvalue weighted by molar-refractivity contribution is 9.10. The van der Waals surface area contributed by atoms with Crippen LogP contribution in [0.4, 0.5) is 0 Å². The van der Waals surface area contributed by atoms with Gasteiger partial charge in [-0.05, 0) is 56.7 Å². The van der Waals surface area contributed by atoms with Gasteiger partial charge in [0.1, 0.15) is 5.75 Å². The smallest absolute Gasteiger partial charge is 0.338 e. The molecule has 0 fully saturated rings. The number of rotatable bonds is 7. The number of halogens is 1. The summed E-state index contributed by atoms with van der Waals surface area (Å²) in [4.78, 5) is 31.7. The number of allylic oxidation sites excluding steroid dienone is 1. The van der Waals surface area contributed by atoms with Crippen LogP contribution in [-0.4, -0.2) is 36.0 Å². The maximum absolute atomic E-state index is 13.7. The summed E-state index contributed by atoms with van der Waals surface area (Å²) < 4.78 is 18.6. The summed E-state index contributed by atoms with van der Waals surface area (Å²) in [5, 5.41) is 10.7. The predicted octanol–water partition coefficient (Wildman–Crippen LogP) is 3.67. The predicted molar refractivity (Wildman–Crippen MR) is 140 cm³/mol.